The van der Waals surface area contributed by atoms with Crippen LogP contribution in [-0.2, 0) is 4.79 Å². The summed E-state index contributed by atoms with van der Waals surface area (Å²) in [6.07, 6.45) is 5.27. The third-order valence-corrected chi connectivity index (χ3v) is 3.30. The Balaban J connectivity index is 2.38. The molecule has 0 aromatic rings. The number of allylic oxidation sites excluding steroid dienone is 1. The first-order chi connectivity index (χ1) is 5.15. The maximum absolute atomic E-state index is 10.9. The number of hydrogen-bond acceptors (Lipinski definition) is 1. The summed E-state index contributed by atoms with van der Waals surface area (Å²) in [7, 11) is 0. The van der Waals surface area contributed by atoms with Gasteiger partial charge < -0.3 is 5.11 Å². The highest BCUT2D eigenvalue weighted by Crippen LogP contribution is 2.51. The highest BCUT2D eigenvalue weighted by Gasteiger charge is 2.53. The third kappa shape index (κ3) is 0.761. The van der Waals surface area contributed by atoms with Crippen LogP contribution in [0.15, 0.2) is 12.2 Å². The second-order valence-corrected chi connectivity index (χ2v) is 3.90. The maximum atomic E-state index is 10.9. The molecule has 0 aromatic heterocycles. The van der Waals surface area contributed by atoms with Crippen molar-refractivity contribution >= 4 is 17.6 Å². The Morgan fingerprint density at radius 2 is 2.45 bits per heavy atom. The number of carboxylic acids is 1. The van der Waals surface area contributed by atoms with Gasteiger partial charge in [-0.3, -0.25) is 4.79 Å². The Bertz CT molecular complexity index is 236. The summed E-state index contributed by atoms with van der Waals surface area (Å²) >= 11 is 5.93. The van der Waals surface area contributed by atoms with Crippen LogP contribution in [0, 0.1) is 11.3 Å². The van der Waals surface area contributed by atoms with Gasteiger partial charge in [-0.1, -0.05) is 12.2 Å². The molecule has 3 heteroatoms. The Kier molecular flexibility index (Phi) is 1.31. The summed E-state index contributed by atoms with van der Waals surface area (Å²) in [6.45, 7) is 0. The van der Waals surface area contributed by atoms with Crippen molar-refractivity contribution in [2.24, 2.45) is 11.3 Å². The zero-order valence-electron chi connectivity index (χ0n) is 5.96. The molecule has 2 bridgehead atoms. The van der Waals surface area contributed by atoms with Gasteiger partial charge in [0.05, 0.1) is 5.38 Å². The van der Waals surface area contributed by atoms with E-state index in [1.54, 1.807) is 6.08 Å². The van der Waals surface area contributed by atoms with E-state index in [2.05, 4.69) is 0 Å². The van der Waals surface area contributed by atoms with Crippen molar-refractivity contribution in [2.45, 2.75) is 18.2 Å². The van der Waals surface area contributed by atoms with Gasteiger partial charge in [0.1, 0.15) is 5.41 Å². The Morgan fingerprint density at radius 1 is 1.73 bits per heavy atom. The van der Waals surface area contributed by atoms with E-state index in [0.717, 1.165) is 6.42 Å². The molecule has 0 amide bonds. The number of hydrogen-bond donors (Lipinski definition) is 1. The van der Waals surface area contributed by atoms with Gasteiger partial charge in [-0.15, -0.1) is 11.6 Å². The average molecular weight is 173 g/mol. The monoisotopic (exact) mass is 172 g/mol. The summed E-state index contributed by atoms with van der Waals surface area (Å²) in [5.74, 6) is -0.359. The number of carbonyl (C=O) groups is 1. The first kappa shape index (κ1) is 7.17. The van der Waals surface area contributed by atoms with Crippen LogP contribution in [0.5, 0.6) is 0 Å². The summed E-state index contributed by atoms with van der Waals surface area (Å²) in [4.78, 5) is 10.9. The molecule has 1 fully saturated rings. The van der Waals surface area contributed by atoms with Gasteiger partial charge in [-0.05, 0) is 18.8 Å². The van der Waals surface area contributed by atoms with Crippen molar-refractivity contribution in [2.75, 3.05) is 0 Å². The lowest BCUT2D eigenvalue weighted by atomic mass is 9.88. The predicted molar refractivity (Wildman–Crippen MR) is 41.6 cm³/mol. The molecule has 2 aliphatic carbocycles. The SMILES string of the molecule is O=C(O)C12C=CC(CC1Cl)C2. The van der Waals surface area contributed by atoms with E-state index >= 15 is 0 Å². The smallest absolute Gasteiger partial charge is 0.315 e. The Labute approximate surface area is 69.9 Å². The minimum Gasteiger partial charge on any atom is -0.481 e. The summed E-state index contributed by atoms with van der Waals surface area (Å²) < 4.78 is 0. The fourth-order valence-electron chi connectivity index (χ4n) is 2.04. The van der Waals surface area contributed by atoms with Crippen LogP contribution in [0.25, 0.3) is 0 Å². The van der Waals surface area contributed by atoms with E-state index in [0.29, 0.717) is 12.3 Å². The molecule has 0 radical (unpaired) electrons. The normalized spacial score (nSPS) is 46.6. The highest BCUT2D eigenvalue weighted by atomic mass is 35.5. The molecule has 3 atom stereocenters. The number of fused-ring (bicyclic) bond motifs is 2. The second kappa shape index (κ2) is 2.01. The molecule has 0 heterocycles. The molecule has 11 heavy (non-hydrogen) atoms. The van der Waals surface area contributed by atoms with E-state index in [9.17, 15) is 4.79 Å². The van der Waals surface area contributed by atoms with E-state index in [1.807, 2.05) is 6.08 Å². The van der Waals surface area contributed by atoms with Gasteiger partial charge >= 0.3 is 5.97 Å². The molecule has 1 N–H and O–H groups in total. The zero-order chi connectivity index (χ0) is 8.06. The zero-order valence-corrected chi connectivity index (χ0v) is 6.71. The van der Waals surface area contributed by atoms with E-state index in [4.69, 9.17) is 16.7 Å². The van der Waals surface area contributed by atoms with E-state index in [1.165, 1.54) is 0 Å². The van der Waals surface area contributed by atoms with Crippen molar-refractivity contribution < 1.29 is 9.90 Å². The van der Waals surface area contributed by atoms with Crippen LogP contribution < -0.4 is 0 Å². The first-order valence-electron chi connectivity index (χ1n) is 3.72. The van der Waals surface area contributed by atoms with Crippen LogP contribution in [0.1, 0.15) is 12.8 Å². The topological polar surface area (TPSA) is 37.3 Å². The Morgan fingerprint density at radius 3 is 2.73 bits per heavy atom. The maximum Gasteiger partial charge on any atom is 0.315 e. The lowest BCUT2D eigenvalue weighted by Gasteiger charge is -2.22. The van der Waals surface area contributed by atoms with Gasteiger partial charge in [-0.25, -0.2) is 0 Å². The molecular formula is C8H9ClO2. The van der Waals surface area contributed by atoms with E-state index < -0.39 is 11.4 Å². The van der Waals surface area contributed by atoms with E-state index in [-0.39, 0.29) is 5.38 Å². The van der Waals surface area contributed by atoms with Crippen molar-refractivity contribution in [3.8, 4) is 0 Å². The quantitative estimate of drug-likeness (QED) is 0.482. The Hall–Kier alpha value is -0.500. The summed E-state index contributed by atoms with van der Waals surface area (Å²) in [5, 5.41) is 8.73. The average Bonchev–Trinajstić information content (AvgIpc) is 2.43. The minimum atomic E-state index is -0.770. The standard InChI is InChI=1S/C8H9ClO2/c9-6-3-5-1-2-8(6,4-5)7(10)11/h1-2,5-6H,3-4H2,(H,10,11). The molecule has 60 valence electrons. The molecule has 0 saturated heterocycles. The van der Waals surface area contributed by atoms with Crippen molar-refractivity contribution in [3.05, 3.63) is 12.2 Å². The molecule has 0 aromatic carbocycles. The molecule has 3 unspecified atom stereocenters. The van der Waals surface area contributed by atoms with Gasteiger partial charge in [0.15, 0.2) is 0 Å². The third-order valence-electron chi connectivity index (χ3n) is 2.73. The molecule has 0 aliphatic heterocycles. The molecule has 1 saturated carbocycles. The first-order valence-corrected chi connectivity index (χ1v) is 4.15. The summed E-state index contributed by atoms with van der Waals surface area (Å²) in [5.41, 5.74) is -0.730. The summed E-state index contributed by atoms with van der Waals surface area (Å²) in [6, 6.07) is 0. The number of aliphatic carboxylic acids is 1. The molecular weight excluding hydrogens is 164 g/mol. The largest absolute Gasteiger partial charge is 0.481 e. The van der Waals surface area contributed by atoms with Gasteiger partial charge in [-0.2, -0.15) is 0 Å². The predicted octanol–water partition coefficient (Wildman–Crippen LogP) is 1.64. The molecule has 0 spiro atoms. The number of carboxylic acid groups (broad SMARTS) is 1. The second-order valence-electron chi connectivity index (χ2n) is 3.37. The fourth-order valence-corrected chi connectivity index (χ4v) is 2.52. The van der Waals surface area contributed by atoms with Crippen LogP contribution >= 0.6 is 11.6 Å². The van der Waals surface area contributed by atoms with Crippen LogP contribution in [0.2, 0.25) is 0 Å². The molecule has 2 nitrogen and oxygen atoms in total. The van der Waals surface area contributed by atoms with Crippen molar-refractivity contribution in [1.29, 1.82) is 0 Å². The van der Waals surface area contributed by atoms with Crippen molar-refractivity contribution in [3.63, 3.8) is 0 Å². The van der Waals surface area contributed by atoms with Crippen molar-refractivity contribution in [1.82, 2.24) is 0 Å². The lowest BCUT2D eigenvalue weighted by Crippen LogP contribution is -2.32. The fraction of sp³-hybridized carbons (Fsp3) is 0.625. The van der Waals surface area contributed by atoms with Crippen LogP contribution in [0.4, 0.5) is 0 Å². The molecule has 2 aliphatic rings. The minimum absolute atomic E-state index is 0.199. The molecule has 2 rings (SSSR count). The number of rotatable bonds is 1. The van der Waals surface area contributed by atoms with Crippen LogP contribution in [-0.4, -0.2) is 16.5 Å². The van der Waals surface area contributed by atoms with Gasteiger partial charge in [0, 0.05) is 0 Å². The lowest BCUT2D eigenvalue weighted by molar-refractivity contribution is -0.145. The van der Waals surface area contributed by atoms with Gasteiger partial charge in [0.25, 0.3) is 0 Å². The number of alkyl halides is 1. The van der Waals surface area contributed by atoms with Gasteiger partial charge in [0.2, 0.25) is 0 Å². The number of halogens is 1. The van der Waals surface area contributed by atoms with Crippen LogP contribution in [0.3, 0.4) is 0 Å². The highest BCUT2D eigenvalue weighted by molar-refractivity contribution is 6.23.